The van der Waals surface area contributed by atoms with E-state index in [4.69, 9.17) is 9.72 Å². The minimum absolute atomic E-state index is 0.0186. The van der Waals surface area contributed by atoms with Gasteiger partial charge in [0.25, 0.3) is 0 Å². The molecule has 22 heavy (non-hydrogen) atoms. The molecule has 1 aliphatic heterocycles. The van der Waals surface area contributed by atoms with Crippen LogP contribution in [0.1, 0.15) is 43.3 Å². The van der Waals surface area contributed by atoms with Gasteiger partial charge < -0.3 is 9.64 Å². The fraction of sp³-hybridized carbons (Fsp3) is 0.562. The summed E-state index contributed by atoms with van der Waals surface area (Å²) < 4.78 is 5.93. The van der Waals surface area contributed by atoms with Crippen molar-refractivity contribution in [3.8, 4) is 0 Å². The molecule has 0 aromatic carbocycles. The lowest BCUT2D eigenvalue weighted by atomic mass is 9.93. The van der Waals surface area contributed by atoms with Crippen molar-refractivity contribution < 1.29 is 4.74 Å². The third-order valence-corrected chi connectivity index (χ3v) is 4.68. The number of nitrogens with zero attached hydrogens (tertiary/aromatic N) is 4. The third kappa shape index (κ3) is 3.28. The average molecular weight is 318 g/mol. The number of hydrogen-bond donors (Lipinski definition) is 0. The maximum absolute atomic E-state index is 5.93. The molecule has 0 radical (unpaired) electrons. The first kappa shape index (κ1) is 15.4. The Morgan fingerprint density at radius 2 is 2.14 bits per heavy atom. The largest absolute Gasteiger partial charge is 0.367 e. The first-order valence-corrected chi connectivity index (χ1v) is 8.42. The van der Waals surface area contributed by atoms with Gasteiger partial charge in [0.1, 0.15) is 23.3 Å². The van der Waals surface area contributed by atoms with Crippen LogP contribution in [0, 0.1) is 6.92 Å². The summed E-state index contributed by atoms with van der Waals surface area (Å²) in [6.45, 7) is 10.9. The zero-order valence-electron chi connectivity index (χ0n) is 13.5. The Hall–Kier alpha value is -1.53. The summed E-state index contributed by atoms with van der Waals surface area (Å²) in [5.41, 5.74) is 2.19. The Labute approximate surface area is 135 Å². The summed E-state index contributed by atoms with van der Waals surface area (Å²) in [6, 6.07) is 2.02. The molecule has 118 valence electrons. The summed E-state index contributed by atoms with van der Waals surface area (Å²) in [7, 11) is 0. The molecular formula is C16H22N4OS. The van der Waals surface area contributed by atoms with E-state index in [9.17, 15) is 0 Å². The summed E-state index contributed by atoms with van der Waals surface area (Å²) in [5, 5.41) is 3.20. The Morgan fingerprint density at radius 3 is 2.82 bits per heavy atom. The molecular weight excluding hydrogens is 296 g/mol. The summed E-state index contributed by atoms with van der Waals surface area (Å²) in [4.78, 5) is 15.6. The summed E-state index contributed by atoms with van der Waals surface area (Å²) in [6.07, 6.45) is 1.64. The highest BCUT2D eigenvalue weighted by atomic mass is 32.1. The number of morpholine rings is 1. The average Bonchev–Trinajstić information content (AvgIpc) is 2.97. The minimum atomic E-state index is 0.0186. The molecule has 5 nitrogen and oxygen atoms in total. The van der Waals surface area contributed by atoms with E-state index in [1.165, 1.54) is 0 Å². The van der Waals surface area contributed by atoms with Gasteiger partial charge in [0.15, 0.2) is 0 Å². The van der Waals surface area contributed by atoms with Crippen molar-refractivity contribution in [2.24, 2.45) is 0 Å². The van der Waals surface area contributed by atoms with E-state index in [-0.39, 0.29) is 11.5 Å². The topological polar surface area (TPSA) is 51.1 Å². The molecule has 6 heteroatoms. The number of aromatic nitrogens is 3. The van der Waals surface area contributed by atoms with E-state index >= 15 is 0 Å². The maximum atomic E-state index is 5.93. The molecule has 0 aliphatic carbocycles. The summed E-state index contributed by atoms with van der Waals surface area (Å²) >= 11 is 1.69. The molecule has 0 bridgehead atoms. The highest BCUT2D eigenvalue weighted by Crippen LogP contribution is 2.31. The number of hydrogen-bond acceptors (Lipinski definition) is 6. The second-order valence-electron chi connectivity index (χ2n) is 6.64. The van der Waals surface area contributed by atoms with Crippen LogP contribution in [-0.2, 0) is 10.2 Å². The first-order chi connectivity index (χ1) is 10.4. The quantitative estimate of drug-likeness (QED) is 0.851. The zero-order valence-corrected chi connectivity index (χ0v) is 14.4. The fourth-order valence-corrected chi connectivity index (χ4v) is 3.48. The van der Waals surface area contributed by atoms with Crippen molar-refractivity contribution in [3.63, 3.8) is 0 Å². The van der Waals surface area contributed by atoms with Crippen LogP contribution in [0.4, 0.5) is 5.82 Å². The van der Waals surface area contributed by atoms with Crippen molar-refractivity contribution in [3.05, 3.63) is 34.2 Å². The first-order valence-electron chi connectivity index (χ1n) is 7.54. The highest BCUT2D eigenvalue weighted by Gasteiger charge is 2.27. The van der Waals surface area contributed by atoms with Gasteiger partial charge in [-0.2, -0.15) is 0 Å². The molecule has 0 N–H and O–H groups in total. The van der Waals surface area contributed by atoms with Crippen LogP contribution >= 0.6 is 11.3 Å². The van der Waals surface area contributed by atoms with Crippen LogP contribution in [0.3, 0.4) is 0 Å². The van der Waals surface area contributed by atoms with E-state index in [1.807, 2.05) is 13.0 Å². The fourth-order valence-electron chi connectivity index (χ4n) is 2.40. The van der Waals surface area contributed by atoms with Crippen LogP contribution in [0.25, 0.3) is 0 Å². The predicted molar refractivity (Wildman–Crippen MR) is 88.5 cm³/mol. The Bertz CT molecular complexity index is 650. The van der Waals surface area contributed by atoms with Crippen LogP contribution in [0.2, 0.25) is 0 Å². The van der Waals surface area contributed by atoms with Gasteiger partial charge in [-0.3, -0.25) is 0 Å². The molecule has 2 aromatic rings. The van der Waals surface area contributed by atoms with Crippen LogP contribution in [0.5, 0.6) is 0 Å². The monoisotopic (exact) mass is 318 g/mol. The molecule has 1 unspecified atom stereocenters. The number of thiazole rings is 1. The predicted octanol–water partition coefficient (Wildman–Crippen LogP) is 3.12. The van der Waals surface area contributed by atoms with Gasteiger partial charge in [-0.15, -0.1) is 11.3 Å². The van der Waals surface area contributed by atoms with E-state index in [0.717, 1.165) is 35.3 Å². The molecule has 1 aliphatic rings. The van der Waals surface area contributed by atoms with Gasteiger partial charge in [0.2, 0.25) is 0 Å². The SMILES string of the molecule is Cc1cc(N2CCOC(c3nc(C(C)(C)C)cs3)C2)ncn1. The normalized spacial score (nSPS) is 19.5. The summed E-state index contributed by atoms with van der Waals surface area (Å²) in [5.74, 6) is 0.966. The Balaban J connectivity index is 1.77. The molecule has 1 fully saturated rings. The molecule has 1 atom stereocenters. The van der Waals surface area contributed by atoms with Crippen molar-refractivity contribution in [1.29, 1.82) is 0 Å². The van der Waals surface area contributed by atoms with Crippen molar-refractivity contribution in [2.45, 2.75) is 39.2 Å². The molecule has 1 saturated heterocycles. The van der Waals surface area contributed by atoms with Gasteiger partial charge in [0.05, 0.1) is 18.8 Å². The Kier molecular flexibility index (Phi) is 4.14. The molecule has 0 amide bonds. The van der Waals surface area contributed by atoms with Crippen molar-refractivity contribution in [2.75, 3.05) is 24.6 Å². The van der Waals surface area contributed by atoms with E-state index in [2.05, 4.69) is 41.0 Å². The second kappa shape index (κ2) is 5.93. The molecule has 3 rings (SSSR count). The minimum Gasteiger partial charge on any atom is -0.367 e. The van der Waals surface area contributed by atoms with Crippen LogP contribution in [-0.4, -0.2) is 34.6 Å². The lowest BCUT2D eigenvalue weighted by Gasteiger charge is -2.32. The maximum Gasteiger partial charge on any atom is 0.132 e. The number of anilines is 1. The highest BCUT2D eigenvalue weighted by molar-refractivity contribution is 7.09. The van der Waals surface area contributed by atoms with Crippen LogP contribution < -0.4 is 4.90 Å². The van der Waals surface area contributed by atoms with Crippen molar-refractivity contribution >= 4 is 17.2 Å². The van der Waals surface area contributed by atoms with Gasteiger partial charge in [-0.1, -0.05) is 20.8 Å². The van der Waals surface area contributed by atoms with Gasteiger partial charge >= 0.3 is 0 Å². The number of rotatable bonds is 2. The Morgan fingerprint density at radius 1 is 1.32 bits per heavy atom. The molecule has 0 saturated carbocycles. The lowest BCUT2D eigenvalue weighted by molar-refractivity contribution is 0.0392. The van der Waals surface area contributed by atoms with Crippen LogP contribution in [0.15, 0.2) is 17.8 Å². The molecule has 0 spiro atoms. The van der Waals surface area contributed by atoms with Gasteiger partial charge in [0, 0.05) is 29.1 Å². The van der Waals surface area contributed by atoms with E-state index in [1.54, 1.807) is 17.7 Å². The second-order valence-corrected chi connectivity index (χ2v) is 7.53. The van der Waals surface area contributed by atoms with E-state index < -0.39 is 0 Å². The van der Waals surface area contributed by atoms with Crippen molar-refractivity contribution in [1.82, 2.24) is 15.0 Å². The third-order valence-electron chi connectivity index (χ3n) is 3.75. The molecule has 2 aromatic heterocycles. The number of ether oxygens (including phenoxy) is 1. The smallest absolute Gasteiger partial charge is 0.132 e. The number of aryl methyl sites for hydroxylation is 1. The van der Waals surface area contributed by atoms with E-state index in [0.29, 0.717) is 6.61 Å². The standard InChI is InChI=1S/C16H22N4OS/c1-11-7-14(18-10-17-11)20-5-6-21-12(8-20)15-19-13(9-22-15)16(2,3)4/h7,9-10,12H,5-6,8H2,1-4H3. The van der Waals surface area contributed by atoms with Gasteiger partial charge in [-0.05, 0) is 6.92 Å². The molecule has 3 heterocycles. The zero-order chi connectivity index (χ0) is 15.7. The van der Waals surface area contributed by atoms with Gasteiger partial charge in [-0.25, -0.2) is 15.0 Å². The lowest BCUT2D eigenvalue weighted by Crippen LogP contribution is -2.39.